The molecule has 25 heavy (non-hydrogen) atoms. The summed E-state index contributed by atoms with van der Waals surface area (Å²) in [6, 6.07) is 9.61. The Morgan fingerprint density at radius 1 is 1.24 bits per heavy atom. The van der Waals surface area contributed by atoms with Gasteiger partial charge in [-0.25, -0.2) is 12.7 Å². The van der Waals surface area contributed by atoms with Crippen molar-refractivity contribution in [2.45, 2.75) is 44.6 Å². The summed E-state index contributed by atoms with van der Waals surface area (Å²) < 4.78 is 25.8. The van der Waals surface area contributed by atoms with Crippen LogP contribution in [0.15, 0.2) is 30.3 Å². The summed E-state index contributed by atoms with van der Waals surface area (Å²) in [4.78, 5) is 13.1. The number of carbonyl (C=O) groups is 1. The Kier molecular flexibility index (Phi) is 5.91. The van der Waals surface area contributed by atoms with Gasteiger partial charge in [-0.1, -0.05) is 30.3 Å². The molecule has 1 aromatic carbocycles. The summed E-state index contributed by atoms with van der Waals surface area (Å²) in [7, 11) is -3.23. The number of carbonyl (C=O) groups excluding carboxylic acids is 1. The number of benzene rings is 1. The van der Waals surface area contributed by atoms with Crippen molar-refractivity contribution in [2.75, 3.05) is 25.4 Å². The quantitative estimate of drug-likeness (QED) is 0.791. The highest BCUT2D eigenvalue weighted by Crippen LogP contribution is 2.36. The van der Waals surface area contributed by atoms with Crippen LogP contribution in [-0.4, -0.2) is 49.6 Å². The summed E-state index contributed by atoms with van der Waals surface area (Å²) in [5.74, 6) is 0.00425. The number of sulfonamides is 1. The molecule has 1 aromatic rings. The standard InChI is InChI=1S/C18H29N3O3S/c1-4-25(23,24)21-12-10-18(11-13-21,15-8-6-5-7-9-15)16(22)20-14-17(2,3)19/h5-9H,4,10-14,19H2,1-3H3,(H,20,22). The van der Waals surface area contributed by atoms with Crippen molar-refractivity contribution in [3.8, 4) is 0 Å². The molecule has 0 saturated carbocycles. The zero-order valence-corrected chi connectivity index (χ0v) is 16.1. The number of rotatable bonds is 6. The van der Waals surface area contributed by atoms with Crippen LogP contribution in [0, 0.1) is 0 Å². The second-order valence-corrected chi connectivity index (χ2v) is 9.68. The molecule has 1 aliphatic heterocycles. The molecule has 3 N–H and O–H groups in total. The molecule has 140 valence electrons. The molecule has 1 amide bonds. The van der Waals surface area contributed by atoms with Gasteiger partial charge < -0.3 is 11.1 Å². The van der Waals surface area contributed by atoms with Crippen molar-refractivity contribution in [3.63, 3.8) is 0 Å². The zero-order chi connectivity index (χ0) is 18.7. The van der Waals surface area contributed by atoms with Crippen LogP contribution in [0.1, 0.15) is 39.2 Å². The Balaban J connectivity index is 2.26. The lowest BCUT2D eigenvalue weighted by Gasteiger charge is -2.40. The first-order valence-electron chi connectivity index (χ1n) is 8.71. The number of hydrogen-bond acceptors (Lipinski definition) is 4. The van der Waals surface area contributed by atoms with E-state index in [1.54, 1.807) is 6.92 Å². The van der Waals surface area contributed by atoms with Gasteiger partial charge in [0.25, 0.3) is 0 Å². The van der Waals surface area contributed by atoms with Gasteiger partial charge in [-0.15, -0.1) is 0 Å². The number of nitrogens with one attached hydrogen (secondary N) is 1. The fourth-order valence-corrected chi connectivity index (χ4v) is 4.31. The minimum atomic E-state index is -3.23. The minimum Gasteiger partial charge on any atom is -0.354 e. The van der Waals surface area contributed by atoms with Crippen LogP contribution in [0.2, 0.25) is 0 Å². The summed E-state index contributed by atoms with van der Waals surface area (Å²) in [5, 5.41) is 2.97. The van der Waals surface area contributed by atoms with Gasteiger partial charge in [-0.3, -0.25) is 4.79 Å². The van der Waals surface area contributed by atoms with Gasteiger partial charge in [0.2, 0.25) is 15.9 Å². The Morgan fingerprint density at radius 3 is 2.28 bits per heavy atom. The van der Waals surface area contributed by atoms with E-state index in [2.05, 4.69) is 5.32 Å². The van der Waals surface area contributed by atoms with Crippen molar-refractivity contribution >= 4 is 15.9 Å². The van der Waals surface area contributed by atoms with Crippen LogP contribution < -0.4 is 11.1 Å². The van der Waals surface area contributed by atoms with E-state index in [9.17, 15) is 13.2 Å². The zero-order valence-electron chi connectivity index (χ0n) is 15.3. The molecule has 6 nitrogen and oxygen atoms in total. The average molecular weight is 368 g/mol. The van der Waals surface area contributed by atoms with Crippen LogP contribution in [0.4, 0.5) is 0 Å². The fourth-order valence-electron chi connectivity index (χ4n) is 3.21. The van der Waals surface area contributed by atoms with Crippen molar-refractivity contribution in [1.82, 2.24) is 9.62 Å². The lowest BCUT2D eigenvalue weighted by molar-refractivity contribution is -0.128. The molecule has 0 aromatic heterocycles. The molecular formula is C18H29N3O3S. The largest absolute Gasteiger partial charge is 0.354 e. The topological polar surface area (TPSA) is 92.5 Å². The Morgan fingerprint density at radius 2 is 1.80 bits per heavy atom. The number of hydrogen-bond donors (Lipinski definition) is 2. The third kappa shape index (κ3) is 4.59. The maximum Gasteiger partial charge on any atom is 0.230 e. The molecule has 1 saturated heterocycles. The van der Waals surface area contributed by atoms with Gasteiger partial charge in [0.15, 0.2) is 0 Å². The average Bonchev–Trinajstić information content (AvgIpc) is 2.59. The van der Waals surface area contributed by atoms with E-state index in [0.717, 1.165) is 5.56 Å². The van der Waals surface area contributed by atoms with Gasteiger partial charge in [-0.2, -0.15) is 0 Å². The predicted octanol–water partition coefficient (Wildman–Crippen LogP) is 1.22. The highest BCUT2D eigenvalue weighted by Gasteiger charge is 2.44. The molecule has 7 heteroatoms. The van der Waals surface area contributed by atoms with Crippen molar-refractivity contribution in [3.05, 3.63) is 35.9 Å². The second kappa shape index (κ2) is 7.43. The van der Waals surface area contributed by atoms with E-state index >= 15 is 0 Å². The smallest absolute Gasteiger partial charge is 0.230 e. The van der Waals surface area contributed by atoms with Gasteiger partial charge in [0.05, 0.1) is 11.2 Å². The fraction of sp³-hybridized carbons (Fsp3) is 0.611. The molecule has 0 unspecified atom stereocenters. The van der Waals surface area contributed by atoms with E-state index in [-0.39, 0.29) is 11.7 Å². The third-order valence-corrected chi connectivity index (χ3v) is 6.68. The van der Waals surface area contributed by atoms with E-state index in [1.807, 2.05) is 44.2 Å². The molecule has 1 fully saturated rings. The molecule has 1 heterocycles. The number of nitrogens with two attached hydrogens (primary N) is 1. The van der Waals surface area contributed by atoms with E-state index < -0.39 is 21.0 Å². The monoisotopic (exact) mass is 367 g/mol. The SMILES string of the molecule is CCS(=O)(=O)N1CCC(C(=O)NCC(C)(C)N)(c2ccccc2)CC1. The summed E-state index contributed by atoms with van der Waals surface area (Å²) in [6.07, 6.45) is 0.931. The Hall–Kier alpha value is -1.44. The van der Waals surface area contributed by atoms with Gasteiger partial charge in [0, 0.05) is 25.2 Å². The molecule has 1 aliphatic rings. The van der Waals surface area contributed by atoms with Crippen LogP contribution >= 0.6 is 0 Å². The molecular weight excluding hydrogens is 338 g/mol. The molecule has 0 bridgehead atoms. The third-order valence-electron chi connectivity index (χ3n) is 4.80. The molecule has 0 atom stereocenters. The Labute approximate surface area is 150 Å². The Bertz CT molecular complexity index is 688. The summed E-state index contributed by atoms with van der Waals surface area (Å²) >= 11 is 0. The first-order valence-corrected chi connectivity index (χ1v) is 10.3. The normalized spacial score (nSPS) is 18.7. The maximum atomic E-state index is 13.1. The van der Waals surface area contributed by atoms with Gasteiger partial charge in [0.1, 0.15) is 0 Å². The first-order chi connectivity index (χ1) is 11.6. The van der Waals surface area contributed by atoms with E-state index in [1.165, 1.54) is 4.31 Å². The highest BCUT2D eigenvalue weighted by molar-refractivity contribution is 7.89. The number of amides is 1. The van der Waals surface area contributed by atoms with Crippen molar-refractivity contribution in [2.24, 2.45) is 5.73 Å². The van der Waals surface area contributed by atoms with Crippen LogP contribution in [0.5, 0.6) is 0 Å². The number of nitrogens with zero attached hydrogens (tertiary/aromatic N) is 1. The maximum absolute atomic E-state index is 13.1. The predicted molar refractivity (Wildman–Crippen MR) is 99.7 cm³/mol. The lowest BCUT2D eigenvalue weighted by Crippen LogP contribution is -2.55. The van der Waals surface area contributed by atoms with Crippen molar-refractivity contribution in [1.29, 1.82) is 0 Å². The van der Waals surface area contributed by atoms with Crippen LogP contribution in [-0.2, 0) is 20.2 Å². The summed E-state index contributed by atoms with van der Waals surface area (Å²) in [6.45, 7) is 6.44. The summed E-state index contributed by atoms with van der Waals surface area (Å²) in [5.41, 5.74) is 5.70. The molecule has 0 spiro atoms. The van der Waals surface area contributed by atoms with Crippen LogP contribution in [0.25, 0.3) is 0 Å². The second-order valence-electron chi connectivity index (χ2n) is 7.42. The minimum absolute atomic E-state index is 0.0780. The van der Waals surface area contributed by atoms with E-state index in [4.69, 9.17) is 5.73 Å². The van der Waals surface area contributed by atoms with E-state index in [0.29, 0.717) is 32.5 Å². The van der Waals surface area contributed by atoms with Crippen molar-refractivity contribution < 1.29 is 13.2 Å². The lowest BCUT2D eigenvalue weighted by atomic mass is 9.72. The first kappa shape index (κ1) is 19.9. The molecule has 0 radical (unpaired) electrons. The highest BCUT2D eigenvalue weighted by atomic mass is 32.2. The number of piperidine rings is 1. The van der Waals surface area contributed by atoms with Gasteiger partial charge >= 0.3 is 0 Å². The van der Waals surface area contributed by atoms with Crippen LogP contribution in [0.3, 0.4) is 0 Å². The molecule has 2 rings (SSSR count). The molecule has 0 aliphatic carbocycles. The van der Waals surface area contributed by atoms with Gasteiger partial charge in [-0.05, 0) is 39.2 Å².